The van der Waals surface area contributed by atoms with Crippen LogP contribution in [0.5, 0.6) is 0 Å². The number of hydroxylamine groups is 2. The molecule has 4 nitrogen and oxygen atoms in total. The van der Waals surface area contributed by atoms with Crippen molar-refractivity contribution in [2.75, 3.05) is 25.1 Å². The summed E-state index contributed by atoms with van der Waals surface area (Å²) in [5.74, 6) is -0.741. The van der Waals surface area contributed by atoms with Crippen molar-refractivity contribution in [3.8, 4) is 6.07 Å². The molecule has 0 aromatic heterocycles. The van der Waals surface area contributed by atoms with Crippen molar-refractivity contribution in [3.05, 3.63) is 63.9 Å². The highest BCUT2D eigenvalue weighted by Gasteiger charge is 2.35. The van der Waals surface area contributed by atoms with Gasteiger partial charge in [-0.1, -0.05) is 11.6 Å². The smallest absolute Gasteiger partial charge is 0.363 e. The molecular weight excluding hydrogens is 410 g/mol. The van der Waals surface area contributed by atoms with Gasteiger partial charge < -0.3 is 4.90 Å². The van der Waals surface area contributed by atoms with Crippen LogP contribution in [0.2, 0.25) is 5.02 Å². The van der Waals surface area contributed by atoms with E-state index in [1.807, 2.05) is 6.07 Å². The predicted octanol–water partition coefficient (Wildman–Crippen LogP) is 5.01. The number of rotatable bonds is 4. The molecule has 3 rings (SSSR count). The van der Waals surface area contributed by atoms with Gasteiger partial charge in [-0.3, -0.25) is 4.84 Å². The lowest BCUT2D eigenvalue weighted by Crippen LogP contribution is -2.47. The van der Waals surface area contributed by atoms with Gasteiger partial charge in [0.15, 0.2) is 0 Å². The monoisotopic (exact) mass is 427 g/mol. The Morgan fingerprint density at radius 2 is 2.03 bits per heavy atom. The number of benzene rings is 2. The van der Waals surface area contributed by atoms with E-state index in [9.17, 15) is 17.6 Å². The summed E-state index contributed by atoms with van der Waals surface area (Å²) in [5, 5.41) is 10.9. The van der Waals surface area contributed by atoms with Crippen molar-refractivity contribution >= 4 is 17.3 Å². The van der Waals surface area contributed by atoms with Gasteiger partial charge in [0.05, 0.1) is 22.8 Å². The zero-order valence-corrected chi connectivity index (χ0v) is 16.3. The van der Waals surface area contributed by atoms with E-state index in [4.69, 9.17) is 21.7 Å². The molecule has 29 heavy (non-hydrogen) atoms. The molecule has 1 fully saturated rings. The van der Waals surface area contributed by atoms with Crippen LogP contribution in [0.4, 0.5) is 23.2 Å². The van der Waals surface area contributed by atoms with Crippen LogP contribution in [0.25, 0.3) is 0 Å². The number of halogens is 5. The molecule has 1 aliphatic rings. The summed E-state index contributed by atoms with van der Waals surface area (Å²) in [6.07, 6.45) is -4.04. The molecule has 0 spiro atoms. The van der Waals surface area contributed by atoms with Gasteiger partial charge >= 0.3 is 6.18 Å². The molecule has 0 radical (unpaired) electrons. The van der Waals surface area contributed by atoms with E-state index in [2.05, 4.69) is 0 Å². The lowest BCUT2D eigenvalue weighted by atomic mass is 10.0. The Hall–Kier alpha value is -2.34. The van der Waals surface area contributed by atoms with Crippen molar-refractivity contribution in [2.24, 2.45) is 0 Å². The van der Waals surface area contributed by atoms with E-state index < -0.39 is 17.6 Å². The van der Waals surface area contributed by atoms with E-state index in [0.717, 1.165) is 18.2 Å². The Labute approximate surface area is 170 Å². The number of hydrogen-bond acceptors (Lipinski definition) is 4. The van der Waals surface area contributed by atoms with Crippen LogP contribution in [0.1, 0.15) is 23.1 Å². The Balaban J connectivity index is 2.04. The van der Waals surface area contributed by atoms with E-state index in [1.165, 1.54) is 6.07 Å². The van der Waals surface area contributed by atoms with Crippen molar-refractivity contribution in [3.63, 3.8) is 0 Å². The summed E-state index contributed by atoms with van der Waals surface area (Å²) >= 11 is 6.15. The first-order chi connectivity index (χ1) is 13.7. The number of anilines is 1. The molecule has 0 saturated carbocycles. The molecule has 0 N–H and O–H groups in total. The predicted molar refractivity (Wildman–Crippen MR) is 101 cm³/mol. The van der Waals surface area contributed by atoms with E-state index in [0.29, 0.717) is 25.3 Å². The number of likely N-dealkylation sites (N-methyl/N-ethyl adjacent to an activating group) is 1. The second-order valence-corrected chi connectivity index (χ2v) is 7.20. The van der Waals surface area contributed by atoms with Crippen LogP contribution in [-0.2, 0) is 17.6 Å². The minimum atomic E-state index is -4.61. The lowest BCUT2D eigenvalue weighted by Gasteiger charge is -2.39. The molecule has 0 aliphatic carbocycles. The molecule has 1 heterocycles. The maximum atomic E-state index is 13.8. The average Bonchev–Trinajstić information content (AvgIpc) is 2.65. The van der Waals surface area contributed by atoms with E-state index in [1.54, 1.807) is 29.1 Å². The molecule has 1 aliphatic heterocycles. The first kappa shape index (κ1) is 21.4. The van der Waals surface area contributed by atoms with Gasteiger partial charge in [-0.15, -0.1) is 0 Å². The third-order valence-electron chi connectivity index (χ3n) is 4.79. The third-order valence-corrected chi connectivity index (χ3v) is 5.10. The number of alkyl halides is 3. The Bertz CT molecular complexity index is 929. The molecule has 0 amide bonds. The fraction of sp³-hybridized carbons (Fsp3) is 0.350. The maximum absolute atomic E-state index is 13.8. The molecular formula is C20H18ClF4N3O. The van der Waals surface area contributed by atoms with Gasteiger partial charge in [0.2, 0.25) is 0 Å². The topological polar surface area (TPSA) is 39.5 Å². The van der Waals surface area contributed by atoms with Crippen LogP contribution in [0, 0.1) is 17.1 Å². The molecule has 154 valence electrons. The SMILES string of the molecule is CN1C[C@@H](N(Cc2cc(F)ccc2C(F)(F)F)c2ccc(C#N)c(Cl)c2)CCO1. The van der Waals surface area contributed by atoms with E-state index in [-0.39, 0.29) is 28.7 Å². The Morgan fingerprint density at radius 3 is 2.66 bits per heavy atom. The zero-order valence-electron chi connectivity index (χ0n) is 15.5. The van der Waals surface area contributed by atoms with Crippen LogP contribution in [-0.4, -0.2) is 31.3 Å². The molecule has 2 aromatic rings. The normalized spacial score (nSPS) is 17.8. The van der Waals surface area contributed by atoms with Gasteiger partial charge in [0.1, 0.15) is 11.9 Å². The second kappa shape index (κ2) is 8.57. The minimum Gasteiger partial charge on any atom is -0.363 e. The highest BCUT2D eigenvalue weighted by molar-refractivity contribution is 6.32. The summed E-state index contributed by atoms with van der Waals surface area (Å²) in [4.78, 5) is 7.15. The first-order valence-electron chi connectivity index (χ1n) is 8.85. The second-order valence-electron chi connectivity index (χ2n) is 6.79. The van der Waals surface area contributed by atoms with Crippen LogP contribution in [0.3, 0.4) is 0 Å². The Morgan fingerprint density at radius 1 is 1.28 bits per heavy atom. The van der Waals surface area contributed by atoms with Crippen molar-refractivity contribution in [2.45, 2.75) is 25.2 Å². The number of nitriles is 1. The van der Waals surface area contributed by atoms with Gasteiger partial charge in [-0.2, -0.15) is 23.5 Å². The minimum absolute atomic E-state index is 0.173. The standard InChI is InChI=1S/C20H18ClF4N3O/c1-27-12-17(6-7-29-27)28(16-4-2-13(10-26)19(21)9-16)11-14-8-15(22)3-5-18(14)20(23,24)25/h2-5,8-9,17H,6-7,11-12H2,1H3/t17-/m0/s1. The van der Waals surface area contributed by atoms with Gasteiger partial charge in [-0.25, -0.2) is 4.39 Å². The molecule has 0 bridgehead atoms. The fourth-order valence-electron chi connectivity index (χ4n) is 3.40. The number of nitrogens with zero attached hydrogens (tertiary/aromatic N) is 3. The third kappa shape index (κ3) is 4.99. The molecule has 0 unspecified atom stereocenters. The van der Waals surface area contributed by atoms with Gasteiger partial charge in [0, 0.05) is 31.9 Å². The van der Waals surface area contributed by atoms with Crippen molar-refractivity contribution < 1.29 is 22.4 Å². The molecule has 9 heteroatoms. The van der Waals surface area contributed by atoms with Crippen LogP contribution >= 0.6 is 11.6 Å². The highest BCUT2D eigenvalue weighted by atomic mass is 35.5. The molecule has 1 atom stereocenters. The molecule has 1 saturated heterocycles. The van der Waals surface area contributed by atoms with Gasteiger partial charge in [-0.05, 0) is 48.4 Å². The molecule has 2 aromatic carbocycles. The summed E-state index contributed by atoms with van der Waals surface area (Å²) in [7, 11) is 1.74. The number of hydrogen-bond donors (Lipinski definition) is 0. The highest BCUT2D eigenvalue weighted by Crippen LogP contribution is 2.35. The zero-order chi connectivity index (χ0) is 21.2. The quantitative estimate of drug-likeness (QED) is 0.643. The van der Waals surface area contributed by atoms with Crippen molar-refractivity contribution in [1.29, 1.82) is 5.26 Å². The fourth-order valence-corrected chi connectivity index (χ4v) is 3.61. The van der Waals surface area contributed by atoms with Crippen LogP contribution < -0.4 is 4.90 Å². The Kier molecular flexibility index (Phi) is 6.32. The summed E-state index contributed by atoms with van der Waals surface area (Å²) < 4.78 is 54.2. The first-order valence-corrected chi connectivity index (χ1v) is 9.23. The largest absolute Gasteiger partial charge is 0.416 e. The maximum Gasteiger partial charge on any atom is 0.416 e. The average molecular weight is 428 g/mol. The van der Waals surface area contributed by atoms with Crippen molar-refractivity contribution in [1.82, 2.24) is 5.06 Å². The summed E-state index contributed by atoms with van der Waals surface area (Å²) in [6.45, 7) is 0.665. The van der Waals surface area contributed by atoms with E-state index >= 15 is 0 Å². The summed E-state index contributed by atoms with van der Waals surface area (Å²) in [5.41, 5.74) is -0.246. The van der Waals surface area contributed by atoms with Crippen LogP contribution in [0.15, 0.2) is 36.4 Å². The lowest BCUT2D eigenvalue weighted by molar-refractivity contribution is -0.167. The summed E-state index contributed by atoms with van der Waals surface area (Å²) in [6, 6.07) is 8.92. The van der Waals surface area contributed by atoms with Gasteiger partial charge in [0.25, 0.3) is 0 Å².